The second kappa shape index (κ2) is 6.29. The van der Waals surface area contributed by atoms with Crippen LogP contribution in [0.2, 0.25) is 0 Å². The summed E-state index contributed by atoms with van der Waals surface area (Å²) in [7, 11) is 0. The van der Waals surface area contributed by atoms with Crippen LogP contribution >= 0.6 is 0 Å². The van der Waals surface area contributed by atoms with Crippen LogP contribution in [0.25, 0.3) is 0 Å². The summed E-state index contributed by atoms with van der Waals surface area (Å²) >= 11 is 0. The van der Waals surface area contributed by atoms with Crippen molar-refractivity contribution < 1.29 is 4.79 Å². The number of amides is 1. The van der Waals surface area contributed by atoms with Crippen LogP contribution < -0.4 is 11.1 Å². The number of rotatable bonds is 6. The number of aromatic nitrogens is 5. The van der Waals surface area contributed by atoms with Gasteiger partial charge in [-0.05, 0) is 33.2 Å². The van der Waals surface area contributed by atoms with Gasteiger partial charge in [-0.2, -0.15) is 5.10 Å². The van der Waals surface area contributed by atoms with E-state index in [0.717, 1.165) is 35.6 Å². The number of hydrogen-bond acceptors (Lipinski definition) is 5. The van der Waals surface area contributed by atoms with Gasteiger partial charge >= 0.3 is 0 Å². The molecule has 0 bridgehead atoms. The molecule has 2 rings (SSSR count). The summed E-state index contributed by atoms with van der Waals surface area (Å²) in [6, 6.07) is 0. The zero-order valence-electron chi connectivity index (χ0n) is 11.7. The highest BCUT2D eigenvalue weighted by molar-refractivity contribution is 5.91. The van der Waals surface area contributed by atoms with Crippen molar-refractivity contribution in [1.82, 2.24) is 25.2 Å². The van der Waals surface area contributed by atoms with E-state index in [9.17, 15) is 4.79 Å². The molecule has 0 saturated carbocycles. The Morgan fingerprint density at radius 3 is 2.95 bits per heavy atom. The minimum atomic E-state index is -0.159. The Labute approximate surface area is 116 Å². The Kier molecular flexibility index (Phi) is 4.46. The second-order valence-corrected chi connectivity index (χ2v) is 4.66. The lowest BCUT2D eigenvalue weighted by Crippen LogP contribution is -2.19. The fourth-order valence-electron chi connectivity index (χ4n) is 1.87. The van der Waals surface area contributed by atoms with Crippen molar-refractivity contribution in [2.24, 2.45) is 5.73 Å². The van der Waals surface area contributed by atoms with Crippen molar-refractivity contribution in [2.45, 2.75) is 33.2 Å². The van der Waals surface area contributed by atoms with Crippen molar-refractivity contribution in [2.75, 3.05) is 11.9 Å². The number of carbonyl (C=O) groups is 1. The first-order chi connectivity index (χ1) is 9.60. The standard InChI is InChI=1S/C12H19N7O/c1-8-12(9(2)16-15-8)14-11(20)7-19-6-10(17-18-19)4-3-5-13/h6H,3-5,7,13H2,1-2H3,(H,14,20)(H,15,16). The highest BCUT2D eigenvalue weighted by Crippen LogP contribution is 2.15. The summed E-state index contributed by atoms with van der Waals surface area (Å²) in [5.41, 5.74) is 8.60. The summed E-state index contributed by atoms with van der Waals surface area (Å²) in [6.07, 6.45) is 3.40. The van der Waals surface area contributed by atoms with Gasteiger partial charge in [-0.25, -0.2) is 4.68 Å². The van der Waals surface area contributed by atoms with E-state index >= 15 is 0 Å². The third-order valence-electron chi connectivity index (χ3n) is 2.92. The first kappa shape index (κ1) is 14.2. The molecule has 2 aromatic heterocycles. The molecule has 1 amide bonds. The van der Waals surface area contributed by atoms with Crippen LogP contribution in [-0.4, -0.2) is 37.6 Å². The zero-order chi connectivity index (χ0) is 14.5. The highest BCUT2D eigenvalue weighted by Gasteiger charge is 2.11. The van der Waals surface area contributed by atoms with Gasteiger partial charge in [0.15, 0.2) is 0 Å². The molecule has 0 saturated heterocycles. The molecule has 20 heavy (non-hydrogen) atoms. The second-order valence-electron chi connectivity index (χ2n) is 4.66. The monoisotopic (exact) mass is 277 g/mol. The molecule has 8 nitrogen and oxygen atoms in total. The van der Waals surface area contributed by atoms with Crippen LogP contribution in [0.1, 0.15) is 23.5 Å². The van der Waals surface area contributed by atoms with E-state index in [1.165, 1.54) is 4.68 Å². The van der Waals surface area contributed by atoms with E-state index in [-0.39, 0.29) is 12.5 Å². The lowest BCUT2D eigenvalue weighted by atomic mass is 10.2. The van der Waals surface area contributed by atoms with Gasteiger partial charge in [-0.1, -0.05) is 5.21 Å². The third-order valence-corrected chi connectivity index (χ3v) is 2.92. The number of anilines is 1. The van der Waals surface area contributed by atoms with Gasteiger partial charge in [0.05, 0.1) is 22.8 Å². The predicted octanol–water partition coefficient (Wildman–Crippen LogP) is 0.148. The number of nitrogens with zero attached hydrogens (tertiary/aromatic N) is 4. The van der Waals surface area contributed by atoms with Gasteiger partial charge in [0, 0.05) is 6.20 Å². The fraction of sp³-hybridized carbons (Fsp3) is 0.500. The average Bonchev–Trinajstić information content (AvgIpc) is 2.98. The molecule has 0 aliphatic heterocycles. The van der Waals surface area contributed by atoms with Gasteiger partial charge in [-0.3, -0.25) is 9.89 Å². The van der Waals surface area contributed by atoms with E-state index < -0.39 is 0 Å². The Morgan fingerprint density at radius 2 is 2.30 bits per heavy atom. The number of aryl methyl sites for hydroxylation is 3. The Morgan fingerprint density at radius 1 is 1.50 bits per heavy atom. The van der Waals surface area contributed by atoms with Crippen molar-refractivity contribution in [3.63, 3.8) is 0 Å². The van der Waals surface area contributed by atoms with Gasteiger partial charge < -0.3 is 11.1 Å². The lowest BCUT2D eigenvalue weighted by molar-refractivity contribution is -0.116. The number of hydrogen-bond donors (Lipinski definition) is 3. The molecule has 0 aliphatic rings. The van der Waals surface area contributed by atoms with Crippen molar-refractivity contribution >= 4 is 11.6 Å². The van der Waals surface area contributed by atoms with E-state index in [4.69, 9.17) is 5.73 Å². The maximum atomic E-state index is 11.9. The summed E-state index contributed by atoms with van der Waals surface area (Å²) in [4.78, 5) is 11.9. The summed E-state index contributed by atoms with van der Waals surface area (Å²) < 4.78 is 1.52. The molecule has 0 spiro atoms. The van der Waals surface area contributed by atoms with Crippen molar-refractivity contribution in [3.05, 3.63) is 23.3 Å². The van der Waals surface area contributed by atoms with Crippen LogP contribution in [0.5, 0.6) is 0 Å². The summed E-state index contributed by atoms with van der Waals surface area (Å²) in [5.74, 6) is -0.159. The quantitative estimate of drug-likeness (QED) is 0.695. The van der Waals surface area contributed by atoms with Crippen LogP contribution in [0.15, 0.2) is 6.20 Å². The summed E-state index contributed by atoms with van der Waals surface area (Å²) in [5, 5.41) is 17.6. The Hall–Kier alpha value is -2.22. The molecular weight excluding hydrogens is 258 g/mol. The SMILES string of the molecule is Cc1n[nH]c(C)c1NC(=O)Cn1cc(CCCN)nn1. The maximum absolute atomic E-state index is 11.9. The number of nitrogens with one attached hydrogen (secondary N) is 2. The molecule has 4 N–H and O–H groups in total. The fourth-order valence-corrected chi connectivity index (χ4v) is 1.87. The minimum Gasteiger partial charge on any atom is -0.330 e. The number of carbonyl (C=O) groups excluding carboxylic acids is 1. The van der Waals surface area contributed by atoms with Gasteiger partial charge in [0.2, 0.25) is 5.91 Å². The largest absolute Gasteiger partial charge is 0.330 e. The smallest absolute Gasteiger partial charge is 0.246 e. The molecule has 2 aromatic rings. The number of nitrogens with two attached hydrogens (primary N) is 1. The van der Waals surface area contributed by atoms with Crippen LogP contribution in [0, 0.1) is 13.8 Å². The molecule has 0 fully saturated rings. The van der Waals surface area contributed by atoms with Crippen LogP contribution in [0.3, 0.4) is 0 Å². The zero-order valence-corrected chi connectivity index (χ0v) is 11.7. The molecule has 0 atom stereocenters. The van der Waals surface area contributed by atoms with Crippen LogP contribution in [0.4, 0.5) is 5.69 Å². The van der Waals surface area contributed by atoms with Gasteiger partial charge in [0.25, 0.3) is 0 Å². The molecule has 0 unspecified atom stereocenters. The van der Waals surface area contributed by atoms with Crippen molar-refractivity contribution in [3.8, 4) is 0 Å². The maximum Gasteiger partial charge on any atom is 0.246 e. The minimum absolute atomic E-state index is 0.125. The third kappa shape index (κ3) is 3.41. The van der Waals surface area contributed by atoms with E-state index in [2.05, 4.69) is 25.8 Å². The predicted molar refractivity (Wildman–Crippen MR) is 74.1 cm³/mol. The first-order valence-electron chi connectivity index (χ1n) is 6.50. The van der Waals surface area contributed by atoms with E-state index in [1.54, 1.807) is 6.20 Å². The highest BCUT2D eigenvalue weighted by atomic mass is 16.2. The molecule has 0 aliphatic carbocycles. The molecule has 0 radical (unpaired) electrons. The molecule has 2 heterocycles. The normalized spacial score (nSPS) is 10.8. The van der Waals surface area contributed by atoms with Crippen molar-refractivity contribution in [1.29, 1.82) is 0 Å². The molecule has 0 aromatic carbocycles. The van der Waals surface area contributed by atoms with Gasteiger partial charge in [-0.15, -0.1) is 5.10 Å². The van der Waals surface area contributed by atoms with Crippen LogP contribution in [-0.2, 0) is 17.8 Å². The average molecular weight is 277 g/mol. The number of aromatic amines is 1. The Balaban J connectivity index is 1.93. The molecule has 8 heteroatoms. The first-order valence-corrected chi connectivity index (χ1v) is 6.50. The van der Waals surface area contributed by atoms with E-state index in [0.29, 0.717) is 6.54 Å². The topological polar surface area (TPSA) is 115 Å². The van der Waals surface area contributed by atoms with E-state index in [1.807, 2.05) is 13.8 Å². The lowest BCUT2D eigenvalue weighted by Gasteiger charge is -2.04. The molecular formula is C12H19N7O. The van der Waals surface area contributed by atoms with Gasteiger partial charge in [0.1, 0.15) is 6.54 Å². The Bertz CT molecular complexity index is 567. The number of H-pyrrole nitrogens is 1. The summed E-state index contributed by atoms with van der Waals surface area (Å²) in [6.45, 7) is 4.43. The molecule has 108 valence electrons.